The first-order chi connectivity index (χ1) is 18.5. The first kappa shape index (κ1) is 24.1. The van der Waals surface area contributed by atoms with Crippen molar-refractivity contribution >= 4 is 45.1 Å². The predicted molar refractivity (Wildman–Crippen MR) is 145 cm³/mol. The number of imide groups is 1. The van der Waals surface area contributed by atoms with Crippen LogP contribution in [-0.4, -0.2) is 23.9 Å². The summed E-state index contributed by atoms with van der Waals surface area (Å²) < 4.78 is 6.37. The number of rotatable bonds is 5. The minimum absolute atomic E-state index is 0.328. The smallest absolute Gasteiger partial charge is 0.343 e. The van der Waals surface area contributed by atoms with Crippen molar-refractivity contribution in [2.75, 3.05) is 9.96 Å². The van der Waals surface area contributed by atoms with Crippen LogP contribution in [0.4, 0.5) is 11.4 Å². The molecule has 6 rings (SSSR count). The van der Waals surface area contributed by atoms with Crippen LogP contribution in [0.25, 0.3) is 0 Å². The molecule has 4 aromatic rings. The molecular weight excluding hydrogens is 548 g/mol. The molecule has 0 spiro atoms. The molecule has 0 N–H and O–H groups in total. The lowest BCUT2D eigenvalue weighted by Crippen LogP contribution is -2.37. The van der Waals surface area contributed by atoms with Gasteiger partial charge < -0.3 is 4.74 Å². The molecule has 3 atom stereocenters. The highest BCUT2D eigenvalue weighted by molar-refractivity contribution is 9.10. The third-order valence-corrected chi connectivity index (χ3v) is 7.18. The number of amides is 2. The predicted octanol–water partition coefficient (Wildman–Crippen LogP) is 5.72. The summed E-state index contributed by atoms with van der Waals surface area (Å²) in [5, 5.41) is 1.63. The van der Waals surface area contributed by atoms with E-state index in [1.165, 1.54) is 4.90 Å². The van der Waals surface area contributed by atoms with Gasteiger partial charge in [-0.1, -0.05) is 64.5 Å². The van der Waals surface area contributed by atoms with Crippen LogP contribution >= 0.6 is 15.9 Å². The van der Waals surface area contributed by atoms with E-state index in [1.54, 1.807) is 77.9 Å². The standard InChI is InChI=1S/C30H21BrN2O5/c31-21-13-15-22(16-14-21)32-28(34)25-26(33(38-27(25)29(32)35)23-9-5-2-6-10-23)19-11-17-24(18-12-19)37-30(36)20-7-3-1-4-8-20/h1-18,25-27H/t25-,26-,27-/m1/s1. The molecule has 2 heterocycles. The summed E-state index contributed by atoms with van der Waals surface area (Å²) in [5.41, 5.74) is 2.42. The van der Waals surface area contributed by atoms with Crippen LogP contribution < -0.4 is 14.7 Å². The molecule has 0 saturated carbocycles. The summed E-state index contributed by atoms with van der Waals surface area (Å²) in [5.74, 6) is -1.58. The fourth-order valence-corrected chi connectivity index (χ4v) is 5.13. The molecule has 2 aliphatic heterocycles. The van der Waals surface area contributed by atoms with Gasteiger partial charge >= 0.3 is 5.97 Å². The number of carbonyl (C=O) groups excluding carboxylic acids is 3. The van der Waals surface area contributed by atoms with E-state index in [2.05, 4.69) is 15.9 Å². The number of para-hydroxylation sites is 1. The zero-order valence-corrected chi connectivity index (χ0v) is 21.5. The molecule has 7 nitrogen and oxygen atoms in total. The number of esters is 1. The Morgan fingerprint density at radius 3 is 2.03 bits per heavy atom. The lowest BCUT2D eigenvalue weighted by atomic mass is 9.90. The zero-order valence-electron chi connectivity index (χ0n) is 19.9. The van der Waals surface area contributed by atoms with Crippen molar-refractivity contribution in [1.29, 1.82) is 0 Å². The Kier molecular flexibility index (Phi) is 6.27. The normalized spacial score (nSPS) is 20.5. The SMILES string of the molecule is O=C(Oc1ccc([C@@H]2[C@H]3C(=O)N(c4ccc(Br)cc4)C(=O)[C@@H]3ON2c2ccccc2)cc1)c1ccccc1. The number of halogens is 1. The second-order valence-electron chi connectivity index (χ2n) is 8.97. The van der Waals surface area contributed by atoms with E-state index in [0.717, 1.165) is 15.7 Å². The molecule has 2 fully saturated rings. The van der Waals surface area contributed by atoms with Gasteiger partial charge in [-0.05, 0) is 66.2 Å². The molecule has 4 aromatic carbocycles. The summed E-state index contributed by atoms with van der Waals surface area (Å²) in [6.07, 6.45) is -0.966. The van der Waals surface area contributed by atoms with E-state index >= 15 is 0 Å². The molecule has 38 heavy (non-hydrogen) atoms. The fraction of sp³-hybridized carbons (Fsp3) is 0.100. The Morgan fingerprint density at radius 2 is 1.37 bits per heavy atom. The van der Waals surface area contributed by atoms with Crippen molar-refractivity contribution < 1.29 is 24.0 Å². The Hall–Kier alpha value is -4.27. The number of benzene rings is 4. The van der Waals surface area contributed by atoms with Crippen molar-refractivity contribution in [2.24, 2.45) is 5.92 Å². The zero-order chi connectivity index (χ0) is 26.2. The topological polar surface area (TPSA) is 76.2 Å². The number of hydrogen-bond acceptors (Lipinski definition) is 6. The van der Waals surface area contributed by atoms with Gasteiger partial charge in [-0.2, -0.15) is 0 Å². The maximum atomic E-state index is 13.7. The second kappa shape index (κ2) is 9.89. The molecule has 0 radical (unpaired) electrons. The first-order valence-electron chi connectivity index (χ1n) is 12.0. The molecule has 8 heteroatoms. The van der Waals surface area contributed by atoms with Crippen LogP contribution in [-0.2, 0) is 14.4 Å². The number of fused-ring (bicyclic) bond motifs is 1. The van der Waals surface area contributed by atoms with Crippen molar-refractivity contribution in [3.63, 3.8) is 0 Å². The van der Waals surface area contributed by atoms with Crippen LogP contribution in [0.2, 0.25) is 0 Å². The van der Waals surface area contributed by atoms with Crippen LogP contribution in [0.1, 0.15) is 22.0 Å². The van der Waals surface area contributed by atoms with Gasteiger partial charge in [0.2, 0.25) is 5.91 Å². The molecule has 0 aromatic heterocycles. The highest BCUT2D eigenvalue weighted by atomic mass is 79.9. The number of hydroxylamine groups is 1. The Morgan fingerprint density at radius 1 is 0.737 bits per heavy atom. The van der Waals surface area contributed by atoms with E-state index in [1.807, 2.05) is 36.4 Å². The van der Waals surface area contributed by atoms with Gasteiger partial charge in [-0.15, -0.1) is 0 Å². The van der Waals surface area contributed by atoms with Crippen LogP contribution in [0.3, 0.4) is 0 Å². The summed E-state index contributed by atoms with van der Waals surface area (Å²) in [6.45, 7) is 0. The highest BCUT2D eigenvalue weighted by Gasteiger charge is 2.60. The molecule has 0 unspecified atom stereocenters. The molecule has 188 valence electrons. The second-order valence-corrected chi connectivity index (χ2v) is 9.89. The van der Waals surface area contributed by atoms with Gasteiger partial charge in [0, 0.05) is 4.47 Å². The van der Waals surface area contributed by atoms with Gasteiger partial charge in [0.15, 0.2) is 6.10 Å². The Balaban J connectivity index is 1.32. The van der Waals surface area contributed by atoms with Gasteiger partial charge in [0.05, 0.1) is 23.0 Å². The molecule has 2 aliphatic rings. The molecular formula is C30H21BrN2O5. The summed E-state index contributed by atoms with van der Waals surface area (Å²) in [4.78, 5) is 47.0. The van der Waals surface area contributed by atoms with Crippen molar-refractivity contribution in [3.8, 4) is 5.75 Å². The van der Waals surface area contributed by atoms with Crippen LogP contribution in [0, 0.1) is 5.92 Å². The molecule has 0 bridgehead atoms. The maximum absolute atomic E-state index is 13.7. The fourth-order valence-electron chi connectivity index (χ4n) is 4.87. The largest absolute Gasteiger partial charge is 0.423 e. The van der Waals surface area contributed by atoms with Gasteiger partial charge in [-0.3, -0.25) is 14.4 Å². The van der Waals surface area contributed by atoms with Crippen LogP contribution in [0.5, 0.6) is 5.75 Å². The average molecular weight is 569 g/mol. The molecule has 0 aliphatic carbocycles. The highest BCUT2D eigenvalue weighted by Crippen LogP contribution is 2.47. The Labute approximate surface area is 227 Å². The average Bonchev–Trinajstić information content (AvgIpc) is 3.46. The van der Waals surface area contributed by atoms with E-state index in [-0.39, 0.29) is 5.91 Å². The van der Waals surface area contributed by atoms with Gasteiger partial charge in [-0.25, -0.2) is 14.8 Å². The number of ether oxygens (including phenoxy) is 1. The number of anilines is 2. The number of carbonyl (C=O) groups is 3. The van der Waals surface area contributed by atoms with Gasteiger partial charge in [0.1, 0.15) is 11.7 Å². The monoisotopic (exact) mass is 568 g/mol. The van der Waals surface area contributed by atoms with Crippen molar-refractivity contribution in [2.45, 2.75) is 12.1 Å². The van der Waals surface area contributed by atoms with E-state index in [0.29, 0.717) is 17.0 Å². The van der Waals surface area contributed by atoms with E-state index in [4.69, 9.17) is 9.57 Å². The first-order valence-corrected chi connectivity index (χ1v) is 12.8. The summed E-state index contributed by atoms with van der Waals surface area (Å²) in [7, 11) is 0. The number of hydrogen-bond donors (Lipinski definition) is 0. The maximum Gasteiger partial charge on any atom is 0.343 e. The number of nitrogens with zero attached hydrogens (tertiary/aromatic N) is 2. The molecule has 2 saturated heterocycles. The third kappa shape index (κ3) is 4.27. The third-order valence-electron chi connectivity index (χ3n) is 6.65. The van der Waals surface area contributed by atoms with E-state index in [9.17, 15) is 14.4 Å². The lowest BCUT2D eigenvalue weighted by Gasteiger charge is -2.28. The van der Waals surface area contributed by atoms with Crippen molar-refractivity contribution in [3.05, 3.63) is 125 Å². The van der Waals surface area contributed by atoms with Crippen LogP contribution in [0.15, 0.2) is 114 Å². The minimum atomic E-state index is -0.966. The summed E-state index contributed by atoms with van der Waals surface area (Å²) >= 11 is 3.39. The summed E-state index contributed by atoms with van der Waals surface area (Å²) in [6, 6.07) is 31.5. The lowest BCUT2D eigenvalue weighted by molar-refractivity contribution is -0.126. The van der Waals surface area contributed by atoms with E-state index < -0.39 is 29.9 Å². The van der Waals surface area contributed by atoms with Gasteiger partial charge in [0.25, 0.3) is 5.91 Å². The molecule has 2 amide bonds. The van der Waals surface area contributed by atoms with Crippen molar-refractivity contribution in [1.82, 2.24) is 0 Å². The minimum Gasteiger partial charge on any atom is -0.423 e. The quantitative estimate of drug-likeness (QED) is 0.174. The Bertz CT molecular complexity index is 1490.